The molecule has 5 nitrogen and oxygen atoms in total. The Morgan fingerprint density at radius 1 is 1.09 bits per heavy atom. The Morgan fingerprint density at radius 3 is 2.59 bits per heavy atom. The lowest BCUT2D eigenvalue weighted by Crippen LogP contribution is -2.21. The molecule has 0 saturated carbocycles. The minimum Gasteiger partial charge on any atom is -0.496 e. The molecule has 0 aliphatic carbocycles. The van der Waals surface area contributed by atoms with E-state index >= 15 is 0 Å². The molecule has 0 spiro atoms. The number of nitrogens with one attached hydrogen (secondary N) is 1. The maximum absolute atomic E-state index is 12.0. The number of hydrogen-bond acceptors (Lipinski definition) is 4. The molecular weight excluding hydrogens is 282 g/mol. The van der Waals surface area contributed by atoms with Crippen LogP contribution in [0.15, 0.2) is 48.5 Å². The van der Waals surface area contributed by atoms with Gasteiger partial charge in [0.15, 0.2) is 6.61 Å². The van der Waals surface area contributed by atoms with E-state index in [-0.39, 0.29) is 12.2 Å². The summed E-state index contributed by atoms with van der Waals surface area (Å²) in [6.07, 6.45) is 0. The van der Waals surface area contributed by atoms with Crippen molar-refractivity contribution in [2.45, 2.75) is 6.92 Å². The summed E-state index contributed by atoms with van der Waals surface area (Å²) in [5.74, 6) is -0.586. The second-order valence-electron chi connectivity index (χ2n) is 4.69. The summed E-state index contributed by atoms with van der Waals surface area (Å²) < 4.78 is 10.1. The second-order valence-corrected chi connectivity index (χ2v) is 4.69. The zero-order valence-electron chi connectivity index (χ0n) is 12.5. The van der Waals surface area contributed by atoms with Crippen LogP contribution >= 0.6 is 0 Å². The van der Waals surface area contributed by atoms with Gasteiger partial charge in [0.25, 0.3) is 5.91 Å². The molecule has 114 valence electrons. The number of benzene rings is 2. The number of aryl methyl sites for hydroxylation is 1. The standard InChI is InChI=1S/C17H17NO4/c1-12-6-5-7-13(10-12)18-16(19)11-22-17(20)14-8-3-4-9-15(14)21-2/h3-10H,11H2,1-2H3,(H,18,19). The van der Waals surface area contributed by atoms with Crippen LogP contribution in [-0.2, 0) is 9.53 Å². The number of esters is 1. The molecular formula is C17H17NO4. The zero-order chi connectivity index (χ0) is 15.9. The number of amides is 1. The third-order valence-electron chi connectivity index (χ3n) is 2.96. The van der Waals surface area contributed by atoms with Gasteiger partial charge in [0, 0.05) is 5.69 Å². The molecule has 0 bridgehead atoms. The lowest BCUT2D eigenvalue weighted by Gasteiger charge is -2.09. The molecule has 0 unspecified atom stereocenters. The molecule has 1 N–H and O–H groups in total. The molecule has 0 aromatic heterocycles. The molecule has 5 heteroatoms. The van der Waals surface area contributed by atoms with Crippen LogP contribution in [0.1, 0.15) is 15.9 Å². The number of ether oxygens (including phenoxy) is 2. The minimum atomic E-state index is -0.600. The fourth-order valence-electron chi connectivity index (χ4n) is 1.94. The van der Waals surface area contributed by atoms with Gasteiger partial charge in [0.2, 0.25) is 0 Å². The van der Waals surface area contributed by atoms with Gasteiger partial charge in [0.05, 0.1) is 7.11 Å². The van der Waals surface area contributed by atoms with Gasteiger partial charge in [0.1, 0.15) is 11.3 Å². The number of rotatable bonds is 5. The Balaban J connectivity index is 1.92. The van der Waals surface area contributed by atoms with Crippen LogP contribution in [0, 0.1) is 6.92 Å². The Morgan fingerprint density at radius 2 is 1.86 bits per heavy atom. The van der Waals surface area contributed by atoms with Gasteiger partial charge >= 0.3 is 5.97 Å². The van der Waals surface area contributed by atoms with Crippen LogP contribution in [0.3, 0.4) is 0 Å². The maximum atomic E-state index is 12.0. The van der Waals surface area contributed by atoms with Gasteiger partial charge in [-0.15, -0.1) is 0 Å². The SMILES string of the molecule is COc1ccccc1C(=O)OCC(=O)Nc1cccc(C)c1. The number of anilines is 1. The second kappa shape index (κ2) is 7.26. The molecule has 0 aliphatic rings. The number of hydrogen-bond donors (Lipinski definition) is 1. The molecule has 0 heterocycles. The molecule has 22 heavy (non-hydrogen) atoms. The fraction of sp³-hybridized carbons (Fsp3) is 0.176. The van der Waals surface area contributed by atoms with Gasteiger partial charge in [-0.2, -0.15) is 0 Å². The van der Waals surface area contributed by atoms with E-state index in [0.29, 0.717) is 11.4 Å². The van der Waals surface area contributed by atoms with Crippen molar-refractivity contribution in [1.29, 1.82) is 0 Å². The van der Waals surface area contributed by atoms with Crippen molar-refractivity contribution in [2.75, 3.05) is 19.0 Å². The molecule has 0 atom stereocenters. The van der Waals surface area contributed by atoms with Crippen molar-refractivity contribution in [3.05, 3.63) is 59.7 Å². The molecule has 2 aromatic carbocycles. The van der Waals surface area contributed by atoms with Crippen molar-refractivity contribution in [2.24, 2.45) is 0 Å². The van der Waals surface area contributed by atoms with Crippen molar-refractivity contribution in [3.63, 3.8) is 0 Å². The highest BCUT2D eigenvalue weighted by Crippen LogP contribution is 2.18. The summed E-state index contributed by atoms with van der Waals surface area (Å²) >= 11 is 0. The number of carbonyl (C=O) groups is 2. The molecule has 2 aromatic rings. The Bertz CT molecular complexity index is 682. The predicted octanol–water partition coefficient (Wildman–Crippen LogP) is 2.80. The summed E-state index contributed by atoms with van der Waals surface area (Å²) in [4.78, 5) is 23.7. The first-order chi connectivity index (χ1) is 10.6. The van der Waals surface area contributed by atoms with Crippen LogP contribution in [0.4, 0.5) is 5.69 Å². The maximum Gasteiger partial charge on any atom is 0.342 e. The average Bonchev–Trinajstić information content (AvgIpc) is 2.52. The highest BCUT2D eigenvalue weighted by Gasteiger charge is 2.14. The quantitative estimate of drug-likeness (QED) is 0.862. The molecule has 0 saturated heterocycles. The van der Waals surface area contributed by atoms with Crippen LogP contribution in [0.5, 0.6) is 5.75 Å². The molecule has 1 amide bonds. The largest absolute Gasteiger partial charge is 0.496 e. The molecule has 0 aliphatic heterocycles. The first-order valence-corrected chi connectivity index (χ1v) is 6.77. The van der Waals surface area contributed by atoms with Gasteiger partial charge < -0.3 is 14.8 Å². The number of carbonyl (C=O) groups excluding carboxylic acids is 2. The van der Waals surface area contributed by atoms with Gasteiger partial charge in [-0.05, 0) is 36.8 Å². The summed E-state index contributed by atoms with van der Waals surface area (Å²) in [6, 6.07) is 14.1. The average molecular weight is 299 g/mol. The van der Waals surface area contributed by atoms with E-state index in [4.69, 9.17) is 9.47 Å². The van der Waals surface area contributed by atoms with Gasteiger partial charge in [-0.1, -0.05) is 24.3 Å². The highest BCUT2D eigenvalue weighted by molar-refractivity contribution is 5.96. The van der Waals surface area contributed by atoms with Crippen LogP contribution in [0.25, 0.3) is 0 Å². The normalized spacial score (nSPS) is 9.91. The molecule has 0 fully saturated rings. The number of para-hydroxylation sites is 1. The third kappa shape index (κ3) is 4.09. The lowest BCUT2D eigenvalue weighted by atomic mass is 10.2. The summed E-state index contributed by atoms with van der Waals surface area (Å²) in [5.41, 5.74) is 1.98. The van der Waals surface area contributed by atoms with Gasteiger partial charge in [-0.25, -0.2) is 4.79 Å². The summed E-state index contributed by atoms with van der Waals surface area (Å²) in [5, 5.41) is 2.67. The Kier molecular flexibility index (Phi) is 5.14. The monoisotopic (exact) mass is 299 g/mol. The first kappa shape index (κ1) is 15.6. The minimum absolute atomic E-state index is 0.286. The van der Waals surface area contributed by atoms with E-state index in [1.807, 2.05) is 25.1 Å². The van der Waals surface area contributed by atoms with Crippen LogP contribution < -0.4 is 10.1 Å². The smallest absolute Gasteiger partial charge is 0.342 e. The fourth-order valence-corrected chi connectivity index (χ4v) is 1.94. The summed E-state index contributed by atoms with van der Waals surface area (Å²) in [6.45, 7) is 1.57. The Labute approximate surface area is 128 Å². The van der Waals surface area contributed by atoms with E-state index in [2.05, 4.69) is 5.32 Å². The topological polar surface area (TPSA) is 64.6 Å². The lowest BCUT2D eigenvalue weighted by molar-refractivity contribution is -0.119. The number of methoxy groups -OCH3 is 1. The summed E-state index contributed by atoms with van der Waals surface area (Å²) in [7, 11) is 1.47. The Hall–Kier alpha value is -2.82. The van der Waals surface area contributed by atoms with E-state index in [0.717, 1.165) is 5.56 Å². The predicted molar refractivity (Wildman–Crippen MR) is 83.1 cm³/mol. The molecule has 2 rings (SSSR count). The third-order valence-corrected chi connectivity index (χ3v) is 2.96. The van der Waals surface area contributed by atoms with Crippen molar-refractivity contribution in [3.8, 4) is 5.75 Å². The van der Waals surface area contributed by atoms with E-state index in [1.165, 1.54) is 7.11 Å². The van der Waals surface area contributed by atoms with Crippen LogP contribution in [-0.4, -0.2) is 25.6 Å². The van der Waals surface area contributed by atoms with Gasteiger partial charge in [-0.3, -0.25) is 4.79 Å². The van der Waals surface area contributed by atoms with Crippen LogP contribution in [0.2, 0.25) is 0 Å². The van der Waals surface area contributed by atoms with Crippen molar-refractivity contribution >= 4 is 17.6 Å². The van der Waals surface area contributed by atoms with E-state index < -0.39 is 11.9 Å². The van der Waals surface area contributed by atoms with Crippen molar-refractivity contribution < 1.29 is 19.1 Å². The highest BCUT2D eigenvalue weighted by atomic mass is 16.5. The van der Waals surface area contributed by atoms with E-state index in [9.17, 15) is 9.59 Å². The first-order valence-electron chi connectivity index (χ1n) is 6.77. The van der Waals surface area contributed by atoms with E-state index in [1.54, 1.807) is 30.3 Å². The zero-order valence-corrected chi connectivity index (χ0v) is 12.5. The molecule has 0 radical (unpaired) electrons. The van der Waals surface area contributed by atoms with Crippen molar-refractivity contribution in [1.82, 2.24) is 0 Å².